The highest BCUT2D eigenvalue weighted by Gasteiger charge is 2.26. The predicted octanol–water partition coefficient (Wildman–Crippen LogP) is -1.18. The van der Waals surface area contributed by atoms with Crippen LogP contribution in [0.4, 0.5) is 11.5 Å². The minimum Gasteiger partial charge on any atom is -0.478 e. The number of nitrogens with one attached hydrogen (secondary N) is 1. The minimum atomic E-state index is -1.22. The summed E-state index contributed by atoms with van der Waals surface area (Å²) in [5.41, 5.74) is 5.52. The lowest BCUT2D eigenvalue weighted by Crippen LogP contribution is -2.52. The standard InChI is InChI=1S/C10H10N4O4/c11-5-1-6(10(17)18)9(12-2-5)14-3-7(15)13-8(16)4-14/h1-2H,3-4,11H2,(H,17,18)(H,13,15,16). The van der Waals surface area contributed by atoms with Crippen molar-refractivity contribution in [3.63, 3.8) is 0 Å². The largest absolute Gasteiger partial charge is 0.478 e. The maximum atomic E-state index is 11.2. The van der Waals surface area contributed by atoms with Gasteiger partial charge in [-0.2, -0.15) is 0 Å². The third-order valence-electron chi connectivity index (χ3n) is 2.37. The third-order valence-corrected chi connectivity index (χ3v) is 2.37. The van der Waals surface area contributed by atoms with E-state index in [0.29, 0.717) is 0 Å². The molecule has 0 saturated carbocycles. The van der Waals surface area contributed by atoms with E-state index in [4.69, 9.17) is 10.8 Å². The first kappa shape index (κ1) is 11.8. The van der Waals surface area contributed by atoms with Crippen molar-refractivity contribution in [2.75, 3.05) is 23.7 Å². The number of imide groups is 1. The number of anilines is 2. The van der Waals surface area contributed by atoms with E-state index in [1.54, 1.807) is 0 Å². The summed E-state index contributed by atoms with van der Waals surface area (Å²) >= 11 is 0. The number of amides is 2. The molecule has 0 bridgehead atoms. The molecule has 0 radical (unpaired) electrons. The number of carbonyl (C=O) groups excluding carboxylic acids is 2. The van der Waals surface area contributed by atoms with Gasteiger partial charge >= 0.3 is 5.97 Å². The molecule has 1 aliphatic heterocycles. The average Bonchev–Trinajstić information content (AvgIpc) is 2.27. The second-order valence-corrected chi connectivity index (χ2v) is 3.77. The number of hydrogen-bond donors (Lipinski definition) is 3. The predicted molar refractivity (Wildman–Crippen MR) is 61.0 cm³/mol. The van der Waals surface area contributed by atoms with Crippen LogP contribution in [-0.2, 0) is 9.59 Å². The number of carboxylic acid groups (broad SMARTS) is 1. The lowest BCUT2D eigenvalue weighted by atomic mass is 10.2. The normalized spacial score (nSPS) is 15.4. The van der Waals surface area contributed by atoms with Crippen LogP contribution in [0.2, 0.25) is 0 Å². The zero-order chi connectivity index (χ0) is 13.3. The van der Waals surface area contributed by atoms with Crippen LogP contribution in [0.25, 0.3) is 0 Å². The molecule has 1 aromatic heterocycles. The Balaban J connectivity index is 2.41. The number of nitrogen functional groups attached to an aromatic ring is 1. The van der Waals surface area contributed by atoms with Crippen molar-refractivity contribution in [3.8, 4) is 0 Å². The van der Waals surface area contributed by atoms with Crippen molar-refractivity contribution in [3.05, 3.63) is 17.8 Å². The van der Waals surface area contributed by atoms with Crippen molar-refractivity contribution in [1.29, 1.82) is 0 Å². The lowest BCUT2D eigenvalue weighted by molar-refractivity contribution is -0.130. The Morgan fingerprint density at radius 1 is 1.39 bits per heavy atom. The van der Waals surface area contributed by atoms with Gasteiger partial charge < -0.3 is 15.7 Å². The molecule has 0 aromatic carbocycles. The fourth-order valence-corrected chi connectivity index (χ4v) is 1.67. The maximum Gasteiger partial charge on any atom is 0.339 e. The van der Waals surface area contributed by atoms with Crippen LogP contribution >= 0.6 is 0 Å². The van der Waals surface area contributed by atoms with Gasteiger partial charge in [0.2, 0.25) is 11.8 Å². The summed E-state index contributed by atoms with van der Waals surface area (Å²) in [7, 11) is 0. The van der Waals surface area contributed by atoms with Crippen LogP contribution < -0.4 is 16.0 Å². The number of piperazine rings is 1. The van der Waals surface area contributed by atoms with Crippen LogP contribution in [0.15, 0.2) is 12.3 Å². The molecule has 0 aliphatic carbocycles. The molecule has 0 spiro atoms. The number of aromatic nitrogens is 1. The average molecular weight is 250 g/mol. The van der Waals surface area contributed by atoms with Gasteiger partial charge in [-0.3, -0.25) is 14.9 Å². The zero-order valence-electron chi connectivity index (χ0n) is 9.21. The van der Waals surface area contributed by atoms with E-state index in [2.05, 4.69) is 10.3 Å². The molecule has 1 aromatic rings. The fraction of sp³-hybridized carbons (Fsp3) is 0.200. The smallest absolute Gasteiger partial charge is 0.339 e. The summed E-state index contributed by atoms with van der Waals surface area (Å²) in [6.07, 6.45) is 1.28. The van der Waals surface area contributed by atoms with E-state index in [-0.39, 0.29) is 30.2 Å². The highest BCUT2D eigenvalue weighted by molar-refractivity contribution is 6.04. The Bertz CT molecular complexity index is 527. The van der Waals surface area contributed by atoms with E-state index in [1.165, 1.54) is 17.2 Å². The number of hydrogen-bond acceptors (Lipinski definition) is 6. The van der Waals surface area contributed by atoms with Gasteiger partial charge in [-0.1, -0.05) is 0 Å². The molecule has 2 amide bonds. The van der Waals surface area contributed by atoms with Gasteiger partial charge in [0.05, 0.1) is 25.0 Å². The van der Waals surface area contributed by atoms with E-state index >= 15 is 0 Å². The van der Waals surface area contributed by atoms with Gasteiger partial charge in [0, 0.05) is 0 Å². The second-order valence-electron chi connectivity index (χ2n) is 3.77. The fourth-order valence-electron chi connectivity index (χ4n) is 1.67. The Morgan fingerprint density at radius 2 is 2.00 bits per heavy atom. The number of carbonyl (C=O) groups is 3. The van der Waals surface area contributed by atoms with Gasteiger partial charge in [-0.15, -0.1) is 0 Å². The summed E-state index contributed by atoms with van der Waals surface area (Å²) in [4.78, 5) is 38.7. The van der Waals surface area contributed by atoms with E-state index in [0.717, 1.165) is 0 Å². The molecular formula is C10H10N4O4. The SMILES string of the molecule is Nc1cnc(N2CC(=O)NC(=O)C2)c(C(=O)O)c1. The molecule has 1 aliphatic rings. The zero-order valence-corrected chi connectivity index (χ0v) is 9.21. The molecule has 18 heavy (non-hydrogen) atoms. The maximum absolute atomic E-state index is 11.2. The van der Waals surface area contributed by atoms with Gasteiger partial charge in [0.1, 0.15) is 11.4 Å². The number of nitrogens with two attached hydrogens (primary N) is 1. The van der Waals surface area contributed by atoms with Crippen molar-refractivity contribution >= 4 is 29.3 Å². The van der Waals surface area contributed by atoms with E-state index in [1.807, 2.05) is 0 Å². The Hall–Kier alpha value is -2.64. The monoisotopic (exact) mass is 250 g/mol. The number of nitrogens with zero attached hydrogens (tertiary/aromatic N) is 2. The summed E-state index contributed by atoms with van der Waals surface area (Å²) in [6, 6.07) is 1.24. The van der Waals surface area contributed by atoms with Crippen molar-refractivity contribution < 1.29 is 19.5 Å². The van der Waals surface area contributed by atoms with Crippen LogP contribution in [0, 0.1) is 0 Å². The van der Waals surface area contributed by atoms with Crippen molar-refractivity contribution in [1.82, 2.24) is 10.3 Å². The molecule has 0 atom stereocenters. The van der Waals surface area contributed by atoms with Gasteiger partial charge in [-0.05, 0) is 6.07 Å². The molecule has 2 rings (SSSR count). The molecule has 8 heteroatoms. The summed E-state index contributed by atoms with van der Waals surface area (Å²) < 4.78 is 0. The van der Waals surface area contributed by atoms with Crippen LogP contribution in [0.5, 0.6) is 0 Å². The molecule has 1 fully saturated rings. The lowest BCUT2D eigenvalue weighted by Gasteiger charge is -2.27. The Kier molecular flexibility index (Phi) is 2.84. The quantitative estimate of drug-likeness (QED) is 0.564. The summed E-state index contributed by atoms with van der Waals surface area (Å²) in [5, 5.41) is 11.2. The van der Waals surface area contributed by atoms with E-state index in [9.17, 15) is 14.4 Å². The van der Waals surface area contributed by atoms with Crippen LogP contribution in [-0.4, -0.2) is 41.0 Å². The van der Waals surface area contributed by atoms with Crippen molar-refractivity contribution in [2.24, 2.45) is 0 Å². The first-order valence-corrected chi connectivity index (χ1v) is 5.04. The molecule has 94 valence electrons. The first-order valence-electron chi connectivity index (χ1n) is 5.04. The highest BCUT2D eigenvalue weighted by atomic mass is 16.4. The summed E-state index contributed by atoms with van der Waals surface area (Å²) in [6.45, 7) is -0.244. The van der Waals surface area contributed by atoms with Crippen LogP contribution in [0.3, 0.4) is 0 Å². The Labute approximate surface area is 101 Å². The number of aromatic carboxylic acids is 1. The number of carboxylic acids is 1. The highest BCUT2D eigenvalue weighted by Crippen LogP contribution is 2.20. The van der Waals surface area contributed by atoms with E-state index < -0.39 is 17.8 Å². The van der Waals surface area contributed by atoms with Gasteiger partial charge in [0.15, 0.2) is 0 Å². The molecule has 4 N–H and O–H groups in total. The van der Waals surface area contributed by atoms with Gasteiger partial charge in [-0.25, -0.2) is 9.78 Å². The molecular weight excluding hydrogens is 240 g/mol. The van der Waals surface area contributed by atoms with Crippen LogP contribution in [0.1, 0.15) is 10.4 Å². The molecule has 2 heterocycles. The summed E-state index contributed by atoms with van der Waals surface area (Å²) in [5.74, 6) is -2.16. The third kappa shape index (κ3) is 2.21. The topological polar surface area (TPSA) is 126 Å². The first-order chi connectivity index (χ1) is 8.47. The van der Waals surface area contributed by atoms with Crippen molar-refractivity contribution in [2.45, 2.75) is 0 Å². The van der Waals surface area contributed by atoms with Gasteiger partial charge in [0.25, 0.3) is 0 Å². The minimum absolute atomic E-state index is 0.0555. The molecule has 1 saturated heterocycles. The number of rotatable bonds is 2. The molecule has 8 nitrogen and oxygen atoms in total. The molecule has 0 unspecified atom stereocenters. The second kappa shape index (κ2) is 4.32. The Morgan fingerprint density at radius 3 is 2.56 bits per heavy atom. The number of pyridine rings is 1.